The fourth-order valence-electron chi connectivity index (χ4n) is 1.60. The van der Waals surface area contributed by atoms with Gasteiger partial charge in [-0.25, -0.2) is 4.79 Å². The first-order valence-electron chi connectivity index (χ1n) is 6.04. The maximum Gasteiger partial charge on any atom is 0.356 e. The van der Waals surface area contributed by atoms with Gasteiger partial charge in [-0.15, -0.1) is 0 Å². The van der Waals surface area contributed by atoms with E-state index in [2.05, 4.69) is 15.4 Å². The van der Waals surface area contributed by atoms with Gasteiger partial charge in [-0.3, -0.25) is 14.5 Å². The molecule has 0 aliphatic heterocycles. The minimum absolute atomic E-state index is 0.146. The third kappa shape index (κ3) is 3.00. The molecule has 0 fully saturated rings. The van der Waals surface area contributed by atoms with E-state index in [1.165, 1.54) is 10.7 Å². The van der Waals surface area contributed by atoms with Gasteiger partial charge < -0.3 is 10.1 Å². The van der Waals surface area contributed by atoms with Crippen molar-refractivity contribution >= 4 is 17.6 Å². The number of carbonyl (C=O) groups excluding carboxylic acids is 2. The Balaban J connectivity index is 2.15. The van der Waals surface area contributed by atoms with Crippen LogP contribution in [0.25, 0.3) is 0 Å². The lowest BCUT2D eigenvalue weighted by atomic mass is 10.3. The molecule has 0 unspecified atom stereocenters. The number of hydrogen-bond acceptors (Lipinski definition) is 5. The lowest BCUT2D eigenvalue weighted by molar-refractivity contribution is 0.0513. The van der Waals surface area contributed by atoms with E-state index in [0.717, 1.165) is 0 Å². The zero-order valence-electron chi connectivity index (χ0n) is 11.2. The molecule has 0 aromatic carbocycles. The van der Waals surface area contributed by atoms with Gasteiger partial charge in [-0.2, -0.15) is 5.10 Å². The molecule has 0 aliphatic carbocycles. The van der Waals surface area contributed by atoms with Gasteiger partial charge in [0.05, 0.1) is 6.61 Å². The first kappa shape index (κ1) is 13.7. The Morgan fingerprint density at radius 3 is 2.70 bits per heavy atom. The monoisotopic (exact) mass is 274 g/mol. The van der Waals surface area contributed by atoms with Gasteiger partial charge in [-0.1, -0.05) is 0 Å². The number of aromatic nitrogens is 3. The SMILES string of the molecule is CCOC(=O)c1cc(C(=O)Nc2ccncc2)nn1C. The Bertz CT molecular complexity index is 622. The Hall–Kier alpha value is -2.70. The number of aryl methyl sites for hydroxylation is 1. The fourth-order valence-corrected chi connectivity index (χ4v) is 1.60. The molecule has 0 saturated carbocycles. The molecule has 1 N–H and O–H groups in total. The van der Waals surface area contributed by atoms with Crippen LogP contribution in [0, 0.1) is 0 Å². The predicted molar refractivity (Wildman–Crippen MR) is 71.4 cm³/mol. The molecule has 2 aromatic heterocycles. The number of carbonyl (C=O) groups is 2. The average Bonchev–Trinajstić information content (AvgIpc) is 2.82. The Morgan fingerprint density at radius 2 is 2.05 bits per heavy atom. The summed E-state index contributed by atoms with van der Waals surface area (Å²) in [5.74, 6) is -0.909. The van der Waals surface area contributed by atoms with Crippen molar-refractivity contribution in [3.63, 3.8) is 0 Å². The van der Waals surface area contributed by atoms with E-state index in [4.69, 9.17) is 4.74 Å². The molecule has 0 spiro atoms. The number of nitrogens with zero attached hydrogens (tertiary/aromatic N) is 3. The summed E-state index contributed by atoms with van der Waals surface area (Å²) in [5.41, 5.74) is 0.979. The highest BCUT2D eigenvalue weighted by Crippen LogP contribution is 2.09. The van der Waals surface area contributed by atoms with Crippen LogP contribution in [-0.2, 0) is 11.8 Å². The predicted octanol–water partition coefficient (Wildman–Crippen LogP) is 1.24. The number of ether oxygens (including phenoxy) is 1. The van der Waals surface area contributed by atoms with Gasteiger partial charge in [0.2, 0.25) is 0 Å². The number of nitrogens with one attached hydrogen (secondary N) is 1. The summed E-state index contributed by atoms with van der Waals surface area (Å²) in [6.45, 7) is 1.98. The Kier molecular flexibility index (Phi) is 4.09. The number of rotatable bonds is 4. The van der Waals surface area contributed by atoms with E-state index in [9.17, 15) is 9.59 Å². The smallest absolute Gasteiger partial charge is 0.356 e. The number of pyridine rings is 1. The van der Waals surface area contributed by atoms with Crippen molar-refractivity contribution in [1.29, 1.82) is 0 Å². The zero-order valence-corrected chi connectivity index (χ0v) is 11.2. The quantitative estimate of drug-likeness (QED) is 0.848. The second-order valence-electron chi connectivity index (χ2n) is 3.95. The summed E-state index contributed by atoms with van der Waals surface area (Å²) in [5, 5.41) is 6.66. The normalized spacial score (nSPS) is 10.1. The standard InChI is InChI=1S/C13H14N4O3/c1-3-20-13(19)11-8-10(16-17(11)2)12(18)15-9-4-6-14-7-5-9/h4-8H,3H2,1-2H3,(H,14,15,18). The molecule has 2 aromatic rings. The van der Waals surface area contributed by atoms with Crippen LogP contribution in [0.3, 0.4) is 0 Å². The summed E-state index contributed by atoms with van der Waals surface area (Å²) in [6.07, 6.45) is 3.14. The lowest BCUT2D eigenvalue weighted by Gasteiger charge is -2.01. The third-order valence-corrected chi connectivity index (χ3v) is 2.54. The van der Waals surface area contributed by atoms with Crippen LogP contribution < -0.4 is 5.32 Å². The summed E-state index contributed by atoms with van der Waals surface area (Å²) in [7, 11) is 1.58. The molecule has 0 bridgehead atoms. The summed E-state index contributed by atoms with van der Waals surface area (Å²) >= 11 is 0. The van der Waals surface area contributed by atoms with Crippen LogP contribution in [0.2, 0.25) is 0 Å². The zero-order chi connectivity index (χ0) is 14.5. The molecule has 1 amide bonds. The van der Waals surface area contributed by atoms with Crippen LogP contribution >= 0.6 is 0 Å². The summed E-state index contributed by atoms with van der Waals surface area (Å²) in [4.78, 5) is 27.5. The maximum atomic E-state index is 12.0. The second-order valence-corrected chi connectivity index (χ2v) is 3.95. The van der Waals surface area contributed by atoms with Gasteiger partial charge >= 0.3 is 5.97 Å². The lowest BCUT2D eigenvalue weighted by Crippen LogP contribution is -2.13. The van der Waals surface area contributed by atoms with Gasteiger partial charge in [-0.05, 0) is 19.1 Å². The topological polar surface area (TPSA) is 86.1 Å². The summed E-state index contributed by atoms with van der Waals surface area (Å²) in [6, 6.07) is 4.72. The van der Waals surface area contributed by atoms with Crippen molar-refractivity contribution in [2.45, 2.75) is 6.92 Å². The highest BCUT2D eigenvalue weighted by atomic mass is 16.5. The number of amides is 1. The highest BCUT2D eigenvalue weighted by Gasteiger charge is 2.18. The van der Waals surface area contributed by atoms with Gasteiger partial charge in [0.25, 0.3) is 5.91 Å². The third-order valence-electron chi connectivity index (χ3n) is 2.54. The fraction of sp³-hybridized carbons (Fsp3) is 0.231. The van der Waals surface area contributed by atoms with Crippen molar-refractivity contribution in [3.05, 3.63) is 42.0 Å². The molecule has 7 nitrogen and oxygen atoms in total. The molecular weight excluding hydrogens is 260 g/mol. The second kappa shape index (κ2) is 5.96. The first-order valence-corrected chi connectivity index (χ1v) is 6.04. The number of anilines is 1. The maximum absolute atomic E-state index is 12.0. The molecule has 104 valence electrons. The molecule has 0 radical (unpaired) electrons. The van der Waals surface area contributed by atoms with Crippen LogP contribution in [0.1, 0.15) is 27.9 Å². The molecule has 0 saturated heterocycles. The largest absolute Gasteiger partial charge is 0.461 e. The number of esters is 1. The van der Waals surface area contributed by atoms with E-state index < -0.39 is 11.9 Å². The van der Waals surface area contributed by atoms with Crippen molar-refractivity contribution in [2.75, 3.05) is 11.9 Å². The van der Waals surface area contributed by atoms with Crippen molar-refractivity contribution in [1.82, 2.24) is 14.8 Å². The molecule has 0 atom stereocenters. The van der Waals surface area contributed by atoms with E-state index in [1.54, 1.807) is 38.5 Å². The molecule has 0 aliphatic rings. The first-order chi connectivity index (χ1) is 9.61. The van der Waals surface area contributed by atoms with E-state index >= 15 is 0 Å². The Labute approximate surface area is 115 Å². The van der Waals surface area contributed by atoms with E-state index in [-0.39, 0.29) is 18.0 Å². The molecule has 20 heavy (non-hydrogen) atoms. The Morgan fingerprint density at radius 1 is 1.35 bits per heavy atom. The molecule has 2 rings (SSSR count). The van der Waals surface area contributed by atoms with E-state index in [0.29, 0.717) is 5.69 Å². The van der Waals surface area contributed by atoms with Crippen LogP contribution in [-0.4, -0.2) is 33.2 Å². The highest BCUT2D eigenvalue weighted by molar-refractivity contribution is 6.04. The minimum atomic E-state index is -0.509. The molecule has 2 heterocycles. The molecular formula is C13H14N4O3. The summed E-state index contributed by atoms with van der Waals surface area (Å²) < 4.78 is 6.20. The van der Waals surface area contributed by atoms with Crippen molar-refractivity contribution in [3.8, 4) is 0 Å². The van der Waals surface area contributed by atoms with Gasteiger partial charge in [0.15, 0.2) is 5.69 Å². The average molecular weight is 274 g/mol. The van der Waals surface area contributed by atoms with Gasteiger partial charge in [0, 0.05) is 31.2 Å². The van der Waals surface area contributed by atoms with Crippen LogP contribution in [0.5, 0.6) is 0 Å². The van der Waals surface area contributed by atoms with Gasteiger partial charge in [0.1, 0.15) is 5.69 Å². The van der Waals surface area contributed by atoms with Crippen molar-refractivity contribution in [2.24, 2.45) is 7.05 Å². The van der Waals surface area contributed by atoms with E-state index in [1.807, 2.05) is 0 Å². The van der Waals surface area contributed by atoms with Crippen LogP contribution in [0.15, 0.2) is 30.6 Å². The molecule has 7 heteroatoms. The minimum Gasteiger partial charge on any atom is -0.461 e. The van der Waals surface area contributed by atoms with Crippen molar-refractivity contribution < 1.29 is 14.3 Å². The number of hydrogen-bond donors (Lipinski definition) is 1. The van der Waals surface area contributed by atoms with Crippen LogP contribution in [0.4, 0.5) is 5.69 Å².